The van der Waals surface area contributed by atoms with Crippen LogP contribution in [0.4, 0.5) is 5.69 Å². The number of hydrogen-bond donors (Lipinski definition) is 2. The van der Waals surface area contributed by atoms with Crippen LogP contribution in [0.2, 0.25) is 0 Å². The zero-order valence-corrected chi connectivity index (χ0v) is 11.6. The number of primary amides is 1. The van der Waals surface area contributed by atoms with Gasteiger partial charge in [0.1, 0.15) is 0 Å². The van der Waals surface area contributed by atoms with E-state index in [2.05, 4.69) is 23.4 Å². The zero-order chi connectivity index (χ0) is 13.9. The summed E-state index contributed by atoms with van der Waals surface area (Å²) in [6, 6.07) is 4.23. The van der Waals surface area contributed by atoms with Crippen LogP contribution in [-0.4, -0.2) is 24.7 Å². The Labute approximate surface area is 118 Å². The molecule has 1 saturated heterocycles. The molecule has 20 heavy (non-hydrogen) atoms. The molecule has 104 valence electrons. The molecular weight excluding hydrogens is 250 g/mol. The second-order valence-corrected chi connectivity index (χ2v) is 6.47. The predicted molar refractivity (Wildman–Crippen MR) is 78.8 cm³/mol. The molecule has 2 aliphatic heterocycles. The first-order chi connectivity index (χ1) is 9.60. The molecule has 0 radical (unpaired) electrons. The van der Waals surface area contributed by atoms with Crippen molar-refractivity contribution >= 4 is 17.8 Å². The molecular formula is C16H19N3O. The fourth-order valence-electron chi connectivity index (χ4n) is 4.32. The van der Waals surface area contributed by atoms with Crippen LogP contribution >= 0.6 is 0 Å². The smallest absolute Gasteiger partial charge is 0.249 e. The van der Waals surface area contributed by atoms with E-state index >= 15 is 0 Å². The number of carbonyl (C=O) groups excluding carboxylic acids is 1. The lowest BCUT2D eigenvalue weighted by Gasteiger charge is -2.44. The molecule has 0 spiro atoms. The lowest BCUT2D eigenvalue weighted by atomic mass is 9.63. The molecule has 1 aromatic rings. The van der Waals surface area contributed by atoms with Gasteiger partial charge in [-0.1, -0.05) is 6.92 Å². The molecule has 1 aromatic carbocycles. The van der Waals surface area contributed by atoms with Crippen LogP contribution in [-0.2, 0) is 5.41 Å². The summed E-state index contributed by atoms with van der Waals surface area (Å²) in [4.78, 5) is 16.4. The average Bonchev–Trinajstić information content (AvgIpc) is 2.77. The number of nitrogens with zero attached hydrogens (tertiary/aromatic N) is 1. The summed E-state index contributed by atoms with van der Waals surface area (Å²) in [5.41, 5.74) is 9.70. The van der Waals surface area contributed by atoms with Gasteiger partial charge in [0.15, 0.2) is 0 Å². The molecule has 3 atom stereocenters. The van der Waals surface area contributed by atoms with Gasteiger partial charge < -0.3 is 11.1 Å². The van der Waals surface area contributed by atoms with Gasteiger partial charge in [-0.3, -0.25) is 9.79 Å². The van der Waals surface area contributed by atoms with Crippen molar-refractivity contribution in [2.24, 2.45) is 10.7 Å². The SMILES string of the molecule is CC12C=Nc3ccc(C(N)=O)c(c31)[C@H]1CCCN[C@@H]1C2. The molecule has 2 heterocycles. The Bertz CT molecular complexity index is 637. The minimum absolute atomic E-state index is 0.0539. The quantitative estimate of drug-likeness (QED) is 0.818. The summed E-state index contributed by atoms with van der Waals surface area (Å²) in [6.07, 6.45) is 5.40. The Kier molecular flexibility index (Phi) is 2.37. The van der Waals surface area contributed by atoms with Crippen molar-refractivity contribution in [2.75, 3.05) is 6.54 Å². The summed E-state index contributed by atoms with van der Waals surface area (Å²) in [5, 5.41) is 3.63. The van der Waals surface area contributed by atoms with Crippen molar-refractivity contribution in [3.05, 3.63) is 28.8 Å². The van der Waals surface area contributed by atoms with Crippen LogP contribution in [0.1, 0.15) is 53.6 Å². The second kappa shape index (κ2) is 3.92. The summed E-state index contributed by atoms with van der Waals surface area (Å²) in [5.74, 6) is 0.0826. The van der Waals surface area contributed by atoms with Gasteiger partial charge in [-0.2, -0.15) is 0 Å². The van der Waals surface area contributed by atoms with Gasteiger partial charge in [0.05, 0.1) is 5.69 Å². The number of fused-ring (bicyclic) bond motifs is 2. The van der Waals surface area contributed by atoms with E-state index in [0.717, 1.165) is 31.5 Å². The van der Waals surface area contributed by atoms with Crippen molar-refractivity contribution in [1.29, 1.82) is 0 Å². The first kappa shape index (κ1) is 12.1. The molecule has 0 bridgehead atoms. The minimum atomic E-state index is -0.316. The molecule has 4 heteroatoms. The Balaban J connectivity index is 1.99. The van der Waals surface area contributed by atoms with E-state index < -0.39 is 0 Å². The highest BCUT2D eigenvalue weighted by Crippen LogP contribution is 2.52. The molecule has 1 aliphatic carbocycles. The number of rotatable bonds is 1. The lowest BCUT2D eigenvalue weighted by molar-refractivity contribution is 0.0997. The van der Waals surface area contributed by atoms with Crippen LogP contribution in [0.5, 0.6) is 0 Å². The molecule has 4 rings (SSSR count). The zero-order valence-electron chi connectivity index (χ0n) is 11.6. The monoisotopic (exact) mass is 269 g/mol. The highest BCUT2D eigenvalue weighted by Gasteiger charge is 2.46. The van der Waals surface area contributed by atoms with E-state index in [4.69, 9.17) is 5.73 Å². The summed E-state index contributed by atoms with van der Waals surface area (Å²) >= 11 is 0. The predicted octanol–water partition coefficient (Wildman–Crippen LogP) is 2.00. The number of piperidine rings is 1. The third-order valence-electron chi connectivity index (χ3n) is 5.15. The summed E-state index contributed by atoms with van der Waals surface area (Å²) in [6.45, 7) is 3.29. The average molecular weight is 269 g/mol. The topological polar surface area (TPSA) is 67.5 Å². The van der Waals surface area contributed by atoms with Gasteiger partial charge in [-0.05, 0) is 49.1 Å². The van der Waals surface area contributed by atoms with E-state index in [9.17, 15) is 4.79 Å². The van der Waals surface area contributed by atoms with E-state index in [1.54, 1.807) is 0 Å². The molecule has 1 fully saturated rings. The maximum atomic E-state index is 11.9. The fourth-order valence-corrected chi connectivity index (χ4v) is 4.32. The largest absolute Gasteiger partial charge is 0.366 e. The van der Waals surface area contributed by atoms with Gasteiger partial charge in [-0.15, -0.1) is 0 Å². The molecule has 1 amide bonds. The Morgan fingerprint density at radius 3 is 3.15 bits per heavy atom. The Hall–Kier alpha value is -1.68. The van der Waals surface area contributed by atoms with Crippen LogP contribution in [0.25, 0.3) is 0 Å². The van der Waals surface area contributed by atoms with Crippen molar-refractivity contribution in [1.82, 2.24) is 5.32 Å². The number of aliphatic imine (C=N–C) groups is 1. The number of hydrogen-bond acceptors (Lipinski definition) is 3. The van der Waals surface area contributed by atoms with Gasteiger partial charge in [0.2, 0.25) is 5.91 Å². The first-order valence-electron chi connectivity index (χ1n) is 7.36. The van der Waals surface area contributed by atoms with Gasteiger partial charge in [-0.25, -0.2) is 0 Å². The Morgan fingerprint density at radius 1 is 1.50 bits per heavy atom. The highest BCUT2D eigenvalue weighted by molar-refractivity contribution is 5.98. The highest BCUT2D eigenvalue weighted by atomic mass is 16.1. The molecule has 3 aliphatic rings. The second-order valence-electron chi connectivity index (χ2n) is 6.47. The van der Waals surface area contributed by atoms with Gasteiger partial charge in [0, 0.05) is 29.2 Å². The number of nitrogens with two attached hydrogens (primary N) is 1. The van der Waals surface area contributed by atoms with E-state index in [1.807, 2.05) is 12.1 Å². The maximum Gasteiger partial charge on any atom is 0.249 e. The number of nitrogens with one attached hydrogen (secondary N) is 1. The van der Waals surface area contributed by atoms with E-state index in [-0.39, 0.29) is 11.3 Å². The van der Waals surface area contributed by atoms with E-state index in [0.29, 0.717) is 17.5 Å². The molecule has 4 nitrogen and oxygen atoms in total. The minimum Gasteiger partial charge on any atom is -0.366 e. The normalized spacial score (nSPS) is 33.6. The van der Waals surface area contributed by atoms with Crippen LogP contribution in [0.15, 0.2) is 17.1 Å². The molecule has 0 aromatic heterocycles. The van der Waals surface area contributed by atoms with Gasteiger partial charge >= 0.3 is 0 Å². The number of benzene rings is 1. The third kappa shape index (κ3) is 1.45. The number of carbonyl (C=O) groups is 1. The number of amides is 1. The van der Waals surface area contributed by atoms with Crippen LogP contribution in [0.3, 0.4) is 0 Å². The lowest BCUT2D eigenvalue weighted by Crippen LogP contribution is -2.49. The fraction of sp³-hybridized carbons (Fsp3) is 0.500. The molecule has 1 unspecified atom stereocenters. The Morgan fingerprint density at radius 2 is 2.35 bits per heavy atom. The summed E-state index contributed by atoms with van der Waals surface area (Å²) < 4.78 is 0. The maximum absolute atomic E-state index is 11.9. The third-order valence-corrected chi connectivity index (χ3v) is 5.15. The first-order valence-corrected chi connectivity index (χ1v) is 7.36. The van der Waals surface area contributed by atoms with Crippen LogP contribution < -0.4 is 11.1 Å². The molecule has 0 saturated carbocycles. The van der Waals surface area contributed by atoms with Crippen LogP contribution in [0, 0.1) is 0 Å². The van der Waals surface area contributed by atoms with Crippen molar-refractivity contribution in [3.63, 3.8) is 0 Å². The standard InChI is InChI=1S/C16H19N3O/c1-16-7-12-9(3-2-6-18-12)13-10(15(17)20)4-5-11(14(13)16)19-8-16/h4-5,8-9,12,18H,2-3,6-7H2,1H3,(H2,17,20)/t9-,12+,16?/m0/s1. The molecule has 3 N–H and O–H groups in total. The van der Waals surface area contributed by atoms with Crippen molar-refractivity contribution in [2.45, 2.75) is 43.6 Å². The van der Waals surface area contributed by atoms with E-state index in [1.165, 1.54) is 11.1 Å². The van der Waals surface area contributed by atoms with Gasteiger partial charge in [0.25, 0.3) is 0 Å². The van der Waals surface area contributed by atoms with Crippen molar-refractivity contribution in [3.8, 4) is 0 Å². The van der Waals surface area contributed by atoms with Crippen molar-refractivity contribution < 1.29 is 4.79 Å². The summed E-state index contributed by atoms with van der Waals surface area (Å²) in [7, 11) is 0.